The fraction of sp³-hybridized carbons (Fsp3) is 0.200. The van der Waals surface area contributed by atoms with E-state index in [1.54, 1.807) is 25.4 Å². The molecule has 0 saturated carbocycles. The highest BCUT2D eigenvalue weighted by molar-refractivity contribution is 5.89. The van der Waals surface area contributed by atoms with Crippen LogP contribution in [-0.2, 0) is 0 Å². The molecule has 0 aliphatic heterocycles. The highest BCUT2D eigenvalue weighted by Gasteiger charge is 2.15. The number of hydrogen-bond donors (Lipinski definition) is 2. The molecule has 0 aliphatic carbocycles. The lowest BCUT2D eigenvalue weighted by Crippen LogP contribution is -2.01. The zero-order chi connectivity index (χ0) is 11.0. The number of nitrogens with one attached hydrogen (secondary N) is 1. The Bertz CT molecular complexity index is 497. The first-order valence-electron chi connectivity index (χ1n) is 4.52. The molecule has 5 nitrogen and oxygen atoms in total. The van der Waals surface area contributed by atoms with Gasteiger partial charge in [-0.3, -0.25) is 5.10 Å². The van der Waals surface area contributed by atoms with Crippen molar-refractivity contribution in [1.29, 1.82) is 0 Å². The zero-order valence-electron chi connectivity index (χ0n) is 8.48. The van der Waals surface area contributed by atoms with Crippen LogP contribution in [0.4, 0.5) is 0 Å². The largest absolute Gasteiger partial charge is 0.478 e. The lowest BCUT2D eigenvalue weighted by molar-refractivity contribution is 0.0696. The first-order valence-corrected chi connectivity index (χ1v) is 4.52. The van der Waals surface area contributed by atoms with Crippen LogP contribution in [0.25, 0.3) is 5.69 Å². The fourth-order valence-electron chi connectivity index (χ4n) is 1.74. The van der Waals surface area contributed by atoms with Crippen molar-refractivity contribution in [3.8, 4) is 5.69 Å². The number of rotatable bonds is 2. The van der Waals surface area contributed by atoms with E-state index < -0.39 is 5.97 Å². The molecule has 0 aliphatic rings. The normalized spacial score (nSPS) is 10.5. The summed E-state index contributed by atoms with van der Waals surface area (Å²) >= 11 is 0. The molecule has 78 valence electrons. The van der Waals surface area contributed by atoms with E-state index in [4.69, 9.17) is 5.11 Å². The zero-order valence-corrected chi connectivity index (χ0v) is 8.48. The van der Waals surface area contributed by atoms with Gasteiger partial charge in [0.1, 0.15) is 0 Å². The van der Waals surface area contributed by atoms with Crippen LogP contribution in [0.15, 0.2) is 18.5 Å². The number of aromatic amines is 1. The number of carboxylic acids is 1. The summed E-state index contributed by atoms with van der Waals surface area (Å²) in [5.41, 5.74) is 2.76. The SMILES string of the molecule is Cc1cc(C(=O)O)c(C)n1-c1cn[nH]c1. The van der Waals surface area contributed by atoms with Gasteiger partial charge in [-0.05, 0) is 19.9 Å². The highest BCUT2D eigenvalue weighted by atomic mass is 16.4. The van der Waals surface area contributed by atoms with Gasteiger partial charge in [0.25, 0.3) is 0 Å². The summed E-state index contributed by atoms with van der Waals surface area (Å²) in [6.45, 7) is 3.65. The standard InChI is InChI=1S/C10H11N3O2/c1-6-3-9(10(14)15)7(2)13(6)8-4-11-12-5-8/h3-5H,1-2H3,(H,11,12)(H,14,15). The molecule has 0 atom stereocenters. The highest BCUT2D eigenvalue weighted by Crippen LogP contribution is 2.19. The van der Waals surface area contributed by atoms with Crippen LogP contribution in [-0.4, -0.2) is 25.8 Å². The van der Waals surface area contributed by atoms with Crippen LogP contribution >= 0.6 is 0 Å². The average Bonchev–Trinajstić information content (AvgIpc) is 2.73. The summed E-state index contributed by atoms with van der Waals surface area (Å²) in [7, 11) is 0. The lowest BCUT2D eigenvalue weighted by atomic mass is 10.2. The Morgan fingerprint density at radius 1 is 1.53 bits per heavy atom. The molecule has 15 heavy (non-hydrogen) atoms. The Labute approximate surface area is 86.4 Å². The molecular weight excluding hydrogens is 194 g/mol. The maximum absolute atomic E-state index is 10.9. The number of carboxylic acid groups (broad SMARTS) is 1. The van der Waals surface area contributed by atoms with Gasteiger partial charge in [0.15, 0.2) is 0 Å². The van der Waals surface area contributed by atoms with E-state index in [1.807, 2.05) is 11.5 Å². The van der Waals surface area contributed by atoms with Crippen LogP contribution in [0, 0.1) is 13.8 Å². The summed E-state index contributed by atoms with van der Waals surface area (Å²) in [6.07, 6.45) is 3.39. The molecule has 2 aromatic rings. The van der Waals surface area contributed by atoms with Gasteiger partial charge in [0, 0.05) is 17.6 Å². The van der Waals surface area contributed by atoms with Crippen molar-refractivity contribution in [2.45, 2.75) is 13.8 Å². The second-order valence-electron chi connectivity index (χ2n) is 3.38. The van der Waals surface area contributed by atoms with Gasteiger partial charge < -0.3 is 9.67 Å². The number of H-pyrrole nitrogens is 1. The minimum atomic E-state index is -0.905. The third-order valence-corrected chi connectivity index (χ3v) is 2.40. The minimum Gasteiger partial charge on any atom is -0.478 e. The first-order chi connectivity index (χ1) is 7.11. The van der Waals surface area contributed by atoms with Gasteiger partial charge in [-0.1, -0.05) is 0 Å². The molecule has 5 heteroatoms. The molecule has 2 aromatic heterocycles. The Balaban J connectivity index is 2.63. The van der Waals surface area contributed by atoms with Crippen molar-refractivity contribution in [3.05, 3.63) is 35.4 Å². The van der Waals surface area contributed by atoms with Crippen molar-refractivity contribution in [3.63, 3.8) is 0 Å². The van der Waals surface area contributed by atoms with Gasteiger partial charge in [-0.15, -0.1) is 0 Å². The molecular formula is C10H11N3O2. The number of aromatic carboxylic acids is 1. The van der Waals surface area contributed by atoms with Crippen molar-refractivity contribution < 1.29 is 9.90 Å². The van der Waals surface area contributed by atoms with Crippen LogP contribution in [0.5, 0.6) is 0 Å². The van der Waals surface area contributed by atoms with Crippen LogP contribution in [0.2, 0.25) is 0 Å². The maximum atomic E-state index is 10.9. The van der Waals surface area contributed by atoms with E-state index in [9.17, 15) is 4.79 Å². The molecule has 2 heterocycles. The number of aromatic nitrogens is 3. The summed E-state index contributed by atoms with van der Waals surface area (Å²) in [6, 6.07) is 1.66. The Morgan fingerprint density at radius 2 is 2.27 bits per heavy atom. The fourth-order valence-corrected chi connectivity index (χ4v) is 1.74. The topological polar surface area (TPSA) is 70.9 Å². The third kappa shape index (κ3) is 1.41. The van der Waals surface area contributed by atoms with E-state index in [2.05, 4.69) is 10.2 Å². The van der Waals surface area contributed by atoms with E-state index in [1.165, 1.54) is 0 Å². The van der Waals surface area contributed by atoms with Crippen LogP contribution in [0.1, 0.15) is 21.7 Å². The third-order valence-electron chi connectivity index (χ3n) is 2.40. The Kier molecular flexibility index (Phi) is 2.07. The van der Waals surface area contributed by atoms with Crippen molar-refractivity contribution in [2.24, 2.45) is 0 Å². The molecule has 0 fully saturated rings. The van der Waals surface area contributed by atoms with Crippen molar-refractivity contribution in [2.75, 3.05) is 0 Å². The smallest absolute Gasteiger partial charge is 0.337 e. The number of aryl methyl sites for hydroxylation is 1. The van der Waals surface area contributed by atoms with Crippen LogP contribution < -0.4 is 0 Å². The molecule has 0 amide bonds. The summed E-state index contributed by atoms with van der Waals surface area (Å²) < 4.78 is 1.85. The van der Waals surface area contributed by atoms with Gasteiger partial charge >= 0.3 is 5.97 Å². The molecule has 2 rings (SSSR count). The number of carbonyl (C=O) groups is 1. The molecule has 0 unspecified atom stereocenters. The van der Waals surface area contributed by atoms with Gasteiger partial charge in [0.2, 0.25) is 0 Å². The summed E-state index contributed by atoms with van der Waals surface area (Å²) in [5, 5.41) is 15.5. The second kappa shape index (κ2) is 3.27. The quantitative estimate of drug-likeness (QED) is 0.780. The second-order valence-corrected chi connectivity index (χ2v) is 3.38. The van der Waals surface area contributed by atoms with Crippen molar-refractivity contribution in [1.82, 2.24) is 14.8 Å². The molecule has 0 spiro atoms. The number of nitrogens with zero attached hydrogens (tertiary/aromatic N) is 2. The van der Waals surface area contributed by atoms with Gasteiger partial charge in [-0.25, -0.2) is 4.79 Å². The number of hydrogen-bond acceptors (Lipinski definition) is 2. The molecule has 2 N–H and O–H groups in total. The monoisotopic (exact) mass is 205 g/mol. The maximum Gasteiger partial charge on any atom is 0.337 e. The average molecular weight is 205 g/mol. The predicted octanol–water partition coefficient (Wildman–Crippen LogP) is 1.52. The van der Waals surface area contributed by atoms with E-state index in [-0.39, 0.29) is 0 Å². The minimum absolute atomic E-state index is 0.328. The van der Waals surface area contributed by atoms with E-state index in [0.717, 1.165) is 11.4 Å². The Morgan fingerprint density at radius 3 is 2.73 bits per heavy atom. The molecule has 0 radical (unpaired) electrons. The van der Waals surface area contributed by atoms with E-state index in [0.29, 0.717) is 11.3 Å². The van der Waals surface area contributed by atoms with Gasteiger partial charge in [-0.2, -0.15) is 5.10 Å². The van der Waals surface area contributed by atoms with E-state index >= 15 is 0 Å². The Hall–Kier alpha value is -2.04. The molecule has 0 bridgehead atoms. The van der Waals surface area contributed by atoms with Crippen molar-refractivity contribution >= 4 is 5.97 Å². The summed E-state index contributed by atoms with van der Waals surface area (Å²) in [5.74, 6) is -0.905. The molecule has 0 saturated heterocycles. The lowest BCUT2D eigenvalue weighted by Gasteiger charge is -2.05. The predicted molar refractivity (Wildman–Crippen MR) is 54.3 cm³/mol. The molecule has 0 aromatic carbocycles. The van der Waals surface area contributed by atoms with Gasteiger partial charge in [0.05, 0.1) is 17.4 Å². The summed E-state index contributed by atoms with van der Waals surface area (Å²) in [4.78, 5) is 10.9. The first kappa shape index (κ1) is 9.51. The van der Waals surface area contributed by atoms with Crippen LogP contribution in [0.3, 0.4) is 0 Å².